The summed E-state index contributed by atoms with van der Waals surface area (Å²) in [4.78, 5) is 12.5. The summed E-state index contributed by atoms with van der Waals surface area (Å²) in [6, 6.07) is 19.3. The number of hydrogen-bond acceptors (Lipinski definition) is 4. The van der Waals surface area contributed by atoms with Gasteiger partial charge in [0.25, 0.3) is 0 Å². The Bertz CT molecular complexity index is 688. The van der Waals surface area contributed by atoms with E-state index in [2.05, 4.69) is 0 Å². The molecule has 2 aromatic rings. The van der Waals surface area contributed by atoms with E-state index in [9.17, 15) is 4.79 Å². The normalized spacial score (nSPS) is 17.7. The molecule has 0 unspecified atom stereocenters. The van der Waals surface area contributed by atoms with Gasteiger partial charge in [0.15, 0.2) is 0 Å². The van der Waals surface area contributed by atoms with Crippen LogP contribution >= 0.6 is 0 Å². The van der Waals surface area contributed by atoms with Gasteiger partial charge in [-0.3, -0.25) is 4.79 Å². The molecule has 0 spiro atoms. The Morgan fingerprint density at radius 2 is 1.62 bits per heavy atom. The van der Waals surface area contributed by atoms with Crippen LogP contribution in [0, 0.1) is 0 Å². The summed E-state index contributed by atoms with van der Waals surface area (Å²) in [6.07, 6.45) is 3.72. The Kier molecular flexibility index (Phi) is 5.08. The van der Waals surface area contributed by atoms with Gasteiger partial charge < -0.3 is 14.2 Å². The van der Waals surface area contributed by atoms with E-state index < -0.39 is 11.7 Å². The van der Waals surface area contributed by atoms with Gasteiger partial charge in [-0.2, -0.15) is 0 Å². The van der Waals surface area contributed by atoms with E-state index in [1.54, 1.807) is 0 Å². The molecule has 0 aromatic heterocycles. The average Bonchev–Trinajstić information content (AvgIpc) is 3.11. The minimum absolute atomic E-state index is 0.388. The molecule has 1 heterocycles. The summed E-state index contributed by atoms with van der Waals surface area (Å²) in [7, 11) is 1.38. The standard InChI is InChI=1S/C20H20O4/c1-22-19(21)18(17-10-6-3-7-11-17)20(23-14-15-24-20)13-12-16-8-4-2-5-9-16/h2-13,18H,14-15H2,1H3/b13-12+/t18-/m1/s1. The van der Waals surface area contributed by atoms with Crippen molar-refractivity contribution in [3.63, 3.8) is 0 Å². The highest BCUT2D eigenvalue weighted by atomic mass is 16.7. The third-order valence-electron chi connectivity index (χ3n) is 4.02. The Morgan fingerprint density at radius 1 is 1.04 bits per heavy atom. The number of carbonyl (C=O) groups excluding carboxylic acids is 1. The van der Waals surface area contributed by atoms with Crippen molar-refractivity contribution in [3.05, 3.63) is 77.9 Å². The summed E-state index contributed by atoms with van der Waals surface area (Å²) in [5, 5.41) is 0. The lowest BCUT2D eigenvalue weighted by Crippen LogP contribution is -2.40. The largest absolute Gasteiger partial charge is 0.468 e. The van der Waals surface area contributed by atoms with Crippen LogP contribution in [0.2, 0.25) is 0 Å². The molecule has 24 heavy (non-hydrogen) atoms. The molecule has 4 heteroatoms. The molecule has 0 aliphatic carbocycles. The molecule has 4 nitrogen and oxygen atoms in total. The first kappa shape index (κ1) is 16.4. The second kappa shape index (κ2) is 7.43. The van der Waals surface area contributed by atoms with Gasteiger partial charge in [-0.1, -0.05) is 66.7 Å². The molecule has 0 bridgehead atoms. The van der Waals surface area contributed by atoms with Crippen LogP contribution in [0.1, 0.15) is 17.0 Å². The summed E-state index contributed by atoms with van der Waals surface area (Å²) < 4.78 is 16.8. The van der Waals surface area contributed by atoms with Crippen molar-refractivity contribution in [1.29, 1.82) is 0 Å². The summed E-state index contributed by atoms with van der Waals surface area (Å²) in [6.45, 7) is 0.860. The van der Waals surface area contributed by atoms with Crippen molar-refractivity contribution >= 4 is 12.0 Å². The van der Waals surface area contributed by atoms with Crippen molar-refractivity contribution in [2.45, 2.75) is 11.7 Å². The molecule has 0 N–H and O–H groups in total. The zero-order valence-corrected chi connectivity index (χ0v) is 13.6. The van der Waals surface area contributed by atoms with Gasteiger partial charge in [0, 0.05) is 0 Å². The van der Waals surface area contributed by atoms with Gasteiger partial charge >= 0.3 is 5.97 Å². The predicted molar refractivity (Wildman–Crippen MR) is 91.3 cm³/mol. The quantitative estimate of drug-likeness (QED) is 0.791. The van der Waals surface area contributed by atoms with Crippen LogP contribution in [0.25, 0.3) is 6.08 Å². The first-order valence-electron chi connectivity index (χ1n) is 7.90. The van der Waals surface area contributed by atoms with Gasteiger partial charge in [-0.25, -0.2) is 0 Å². The van der Waals surface area contributed by atoms with Gasteiger partial charge in [-0.05, 0) is 17.2 Å². The molecular formula is C20H20O4. The fourth-order valence-corrected chi connectivity index (χ4v) is 2.88. The lowest BCUT2D eigenvalue weighted by molar-refractivity contribution is -0.170. The molecule has 1 atom stereocenters. The third kappa shape index (κ3) is 3.40. The molecule has 1 aliphatic heterocycles. The SMILES string of the molecule is COC(=O)[C@@H](c1ccccc1)C1(/C=C/c2ccccc2)OCCO1. The third-order valence-corrected chi connectivity index (χ3v) is 4.02. The van der Waals surface area contributed by atoms with E-state index in [-0.39, 0.29) is 5.97 Å². The highest BCUT2D eigenvalue weighted by Crippen LogP contribution is 2.38. The monoisotopic (exact) mass is 324 g/mol. The zero-order valence-electron chi connectivity index (χ0n) is 13.6. The molecule has 1 saturated heterocycles. The van der Waals surface area contributed by atoms with E-state index >= 15 is 0 Å². The number of esters is 1. The van der Waals surface area contributed by atoms with E-state index in [0.29, 0.717) is 13.2 Å². The Morgan fingerprint density at radius 3 is 2.21 bits per heavy atom. The second-order valence-electron chi connectivity index (χ2n) is 5.53. The molecule has 124 valence electrons. The Labute approximate surface area is 141 Å². The molecular weight excluding hydrogens is 304 g/mol. The number of hydrogen-bond donors (Lipinski definition) is 0. The van der Waals surface area contributed by atoms with Crippen molar-refractivity contribution in [2.24, 2.45) is 0 Å². The van der Waals surface area contributed by atoms with Gasteiger partial charge in [-0.15, -0.1) is 0 Å². The maximum atomic E-state index is 12.5. The predicted octanol–water partition coefficient (Wildman–Crippen LogP) is 3.40. The van der Waals surface area contributed by atoms with Crippen molar-refractivity contribution < 1.29 is 19.0 Å². The summed E-state index contributed by atoms with van der Waals surface area (Å²) >= 11 is 0. The fraction of sp³-hybridized carbons (Fsp3) is 0.250. The highest BCUT2D eigenvalue weighted by molar-refractivity contribution is 5.80. The number of benzene rings is 2. The van der Waals surface area contributed by atoms with E-state index in [0.717, 1.165) is 11.1 Å². The lowest BCUT2D eigenvalue weighted by Gasteiger charge is -2.31. The molecule has 3 rings (SSSR count). The van der Waals surface area contributed by atoms with Crippen molar-refractivity contribution in [1.82, 2.24) is 0 Å². The highest BCUT2D eigenvalue weighted by Gasteiger charge is 2.48. The second-order valence-corrected chi connectivity index (χ2v) is 5.53. The number of methoxy groups -OCH3 is 1. The van der Waals surface area contributed by atoms with Crippen LogP contribution < -0.4 is 0 Å². The van der Waals surface area contributed by atoms with E-state index in [1.165, 1.54) is 7.11 Å². The zero-order chi connectivity index (χ0) is 16.8. The Balaban J connectivity index is 2.00. The smallest absolute Gasteiger partial charge is 0.319 e. The lowest BCUT2D eigenvalue weighted by atomic mass is 9.89. The van der Waals surface area contributed by atoms with E-state index in [4.69, 9.17) is 14.2 Å². The van der Waals surface area contributed by atoms with Crippen LogP contribution in [0.15, 0.2) is 66.7 Å². The van der Waals surface area contributed by atoms with Crippen molar-refractivity contribution in [2.75, 3.05) is 20.3 Å². The van der Waals surface area contributed by atoms with Gasteiger partial charge in [0.2, 0.25) is 5.79 Å². The number of ether oxygens (including phenoxy) is 3. The first-order chi connectivity index (χ1) is 11.7. The number of rotatable bonds is 5. The van der Waals surface area contributed by atoms with Crippen LogP contribution in [0.4, 0.5) is 0 Å². The average molecular weight is 324 g/mol. The van der Waals surface area contributed by atoms with Crippen LogP contribution in [0.5, 0.6) is 0 Å². The molecule has 1 fully saturated rings. The van der Waals surface area contributed by atoms with Gasteiger partial charge in [0.05, 0.1) is 20.3 Å². The molecule has 0 amide bonds. The molecule has 0 saturated carbocycles. The first-order valence-corrected chi connectivity index (χ1v) is 7.90. The van der Waals surface area contributed by atoms with Gasteiger partial charge in [0.1, 0.15) is 5.92 Å². The van der Waals surface area contributed by atoms with Crippen LogP contribution in [-0.2, 0) is 19.0 Å². The van der Waals surface area contributed by atoms with Crippen LogP contribution in [-0.4, -0.2) is 32.1 Å². The summed E-state index contributed by atoms with van der Waals surface area (Å²) in [5.41, 5.74) is 1.80. The summed E-state index contributed by atoms with van der Waals surface area (Å²) in [5.74, 6) is -2.24. The minimum atomic E-state index is -1.16. The molecule has 1 aliphatic rings. The molecule has 0 radical (unpaired) electrons. The van der Waals surface area contributed by atoms with Crippen LogP contribution in [0.3, 0.4) is 0 Å². The minimum Gasteiger partial charge on any atom is -0.468 e. The maximum absolute atomic E-state index is 12.5. The molecule has 2 aromatic carbocycles. The Hall–Kier alpha value is -2.43. The van der Waals surface area contributed by atoms with Crippen molar-refractivity contribution in [3.8, 4) is 0 Å². The topological polar surface area (TPSA) is 44.8 Å². The number of carbonyl (C=O) groups is 1. The van der Waals surface area contributed by atoms with E-state index in [1.807, 2.05) is 72.8 Å². The maximum Gasteiger partial charge on any atom is 0.319 e. The fourth-order valence-electron chi connectivity index (χ4n) is 2.88.